The van der Waals surface area contributed by atoms with Gasteiger partial charge < -0.3 is 26.1 Å². The molecule has 0 aliphatic rings. The number of nitro groups is 1. The molecule has 27 heteroatoms. The summed E-state index contributed by atoms with van der Waals surface area (Å²) in [5, 5.41) is 21.6. The molecule has 7 N–H and O–H groups in total. The van der Waals surface area contributed by atoms with Gasteiger partial charge in [0.05, 0.1) is 25.4 Å². The van der Waals surface area contributed by atoms with Crippen molar-refractivity contribution in [3.05, 3.63) is 225 Å². The van der Waals surface area contributed by atoms with Crippen molar-refractivity contribution in [2.75, 3.05) is 24.1 Å². The Morgan fingerprint density at radius 3 is 1.35 bits per heavy atom. The Hall–Kier alpha value is -7.88. The van der Waals surface area contributed by atoms with Crippen molar-refractivity contribution in [1.82, 2.24) is 30.2 Å². The fraction of sp³-hybridized carbons (Fsp3) is 0.164. The molecule has 0 aliphatic heterocycles. The van der Waals surface area contributed by atoms with Crippen molar-refractivity contribution in [3.8, 4) is 11.1 Å². The van der Waals surface area contributed by atoms with E-state index in [0.717, 1.165) is 46.7 Å². The number of pyridine rings is 1. The first kappa shape index (κ1) is 66.6. The average Bonchev–Trinajstić information content (AvgIpc) is 4.14. The number of hydrogen-bond acceptors (Lipinski definition) is 11. The van der Waals surface area contributed by atoms with E-state index in [2.05, 4.69) is 113 Å². The van der Waals surface area contributed by atoms with Crippen molar-refractivity contribution in [1.29, 1.82) is 0 Å². The predicted molar refractivity (Wildman–Crippen MR) is 308 cm³/mol. The highest BCUT2D eigenvalue weighted by atomic mass is 79.9. The van der Waals surface area contributed by atoms with E-state index in [1.165, 1.54) is 28.2 Å². The molecule has 17 nitrogen and oxygen atoms in total. The van der Waals surface area contributed by atoms with Gasteiger partial charge in [-0.05, 0) is 99.6 Å². The van der Waals surface area contributed by atoms with Crippen LogP contribution in [0.3, 0.4) is 0 Å². The topological polar surface area (TPSA) is 269 Å². The van der Waals surface area contributed by atoms with Gasteiger partial charge in [-0.3, -0.25) is 44.4 Å². The van der Waals surface area contributed by atoms with E-state index in [9.17, 15) is 60.4 Å². The van der Waals surface area contributed by atoms with E-state index in [4.69, 9.17) is 10.8 Å². The molecule has 0 aliphatic carbocycles. The summed E-state index contributed by atoms with van der Waals surface area (Å²) in [5.41, 5.74) is 14.0. The molecule has 0 saturated carbocycles. The summed E-state index contributed by atoms with van der Waals surface area (Å²) in [7, 11) is 0. The third-order valence-corrected chi connectivity index (χ3v) is 12.5. The third kappa shape index (κ3) is 26.6. The second kappa shape index (κ2) is 33.1. The lowest BCUT2D eigenvalue weighted by Gasteiger charge is -2.07. The number of aliphatic carboxylic acids is 1. The van der Waals surface area contributed by atoms with Crippen LogP contribution in [0.25, 0.3) is 11.1 Å². The Balaban J connectivity index is 0.000000223. The van der Waals surface area contributed by atoms with Gasteiger partial charge in [0.2, 0.25) is 11.7 Å². The summed E-state index contributed by atoms with van der Waals surface area (Å²) in [6.07, 6.45) is -1.67. The molecule has 82 heavy (non-hydrogen) atoms. The number of amides is 2. The number of H-pyrrole nitrogens is 2. The highest BCUT2D eigenvalue weighted by Crippen LogP contribution is 2.22. The van der Waals surface area contributed by atoms with E-state index in [1.807, 2.05) is 48.5 Å². The van der Waals surface area contributed by atoms with Gasteiger partial charge in [-0.1, -0.05) is 137 Å². The molecule has 0 radical (unpaired) electrons. The number of aromatic nitrogens is 5. The molecule has 3 heterocycles. The summed E-state index contributed by atoms with van der Waals surface area (Å²) in [4.78, 5) is 80.6. The number of benzene rings is 5. The SMILES string of the molecule is Nc1ncc(Cc2ccc(-c3ccncc3)cc2)[nH]1.O=C(CNC(=O)C(F)(F)F)Cc1ccc(Br)cc1.O=C(Cc1ccc(Br)cc1)C[N+](=O)[O-].O=C(Nc1ncc(Cc2ccc(Br)cc2)[nH]1)C(F)(F)F.O=C(O)Cc1ccc(Br)cc1. The molecule has 3 aromatic heterocycles. The second-order valence-electron chi connectivity index (χ2n) is 17.0. The van der Waals surface area contributed by atoms with Crippen molar-refractivity contribution in [2.24, 2.45) is 0 Å². The standard InChI is InChI=1S/C15H14N4.C12H9BrF3N3O.C11H9BrF3NO2.C9H8BrNO3.C8H7BrO2/c16-15-18-10-14(19-15)9-11-1-3-12(4-2-11)13-5-7-17-8-6-13;13-8-3-1-7(2-4-8)5-9-6-17-11(18-9)19-10(20)12(14,15)16;12-8-3-1-7(2-4-8)5-9(17)6-16-10(18)11(13,14)15;10-8-3-1-7(2-4-8)5-9(12)6-11(13)14;9-7-3-1-6(2-4-7)5-8(10)11/h1-8,10H,9H2,(H3,16,18,19);1-4,6H,5H2,(H2,17,18,19,20);1-4H,5-6H2,(H,16,18);1-4H,5-6H2;1-4H,5H2,(H,10,11). The van der Waals surface area contributed by atoms with Gasteiger partial charge in [-0.15, -0.1) is 0 Å². The first-order valence-corrected chi connectivity index (χ1v) is 26.8. The number of nitrogens with two attached hydrogens (primary N) is 1. The van der Waals surface area contributed by atoms with Gasteiger partial charge in [0.15, 0.2) is 11.7 Å². The van der Waals surface area contributed by atoms with E-state index >= 15 is 0 Å². The fourth-order valence-electron chi connectivity index (χ4n) is 6.54. The number of carbonyl (C=O) groups excluding carboxylic acids is 4. The Labute approximate surface area is 497 Å². The normalized spacial score (nSPS) is 10.6. The third-order valence-electron chi connectivity index (χ3n) is 10.3. The number of carbonyl (C=O) groups is 5. The van der Waals surface area contributed by atoms with Crippen LogP contribution in [0.4, 0.5) is 38.2 Å². The number of aromatic amines is 2. The van der Waals surface area contributed by atoms with Crippen LogP contribution in [-0.4, -0.2) is 89.7 Å². The molecule has 0 atom stereocenters. The molecule has 8 aromatic rings. The first-order valence-electron chi connectivity index (χ1n) is 23.6. The molecule has 2 amide bonds. The zero-order chi connectivity index (χ0) is 60.4. The van der Waals surface area contributed by atoms with Crippen LogP contribution in [0.2, 0.25) is 0 Å². The first-order chi connectivity index (χ1) is 38.7. The number of ketones is 2. The predicted octanol–water partition coefficient (Wildman–Crippen LogP) is 12.1. The number of alkyl halides is 6. The van der Waals surface area contributed by atoms with Gasteiger partial charge in [-0.2, -0.15) is 26.3 Å². The van der Waals surface area contributed by atoms with Crippen LogP contribution in [0.5, 0.6) is 0 Å². The number of carboxylic acid groups (broad SMARTS) is 1. The number of Topliss-reactive ketones (excluding diaryl/α,β-unsaturated/α-hetero) is 2. The minimum atomic E-state index is -4.96. The summed E-state index contributed by atoms with van der Waals surface area (Å²) in [6.45, 7) is -1.23. The average molecular weight is 1400 g/mol. The van der Waals surface area contributed by atoms with Crippen molar-refractivity contribution >= 4 is 105 Å². The lowest BCUT2D eigenvalue weighted by atomic mass is 10.0. The van der Waals surface area contributed by atoms with Crippen LogP contribution in [-0.2, 0) is 56.1 Å². The molecule has 0 bridgehead atoms. The highest BCUT2D eigenvalue weighted by molar-refractivity contribution is 9.11. The number of nitrogens with zero attached hydrogens (tertiary/aromatic N) is 4. The molecule has 430 valence electrons. The lowest BCUT2D eigenvalue weighted by molar-refractivity contribution is -0.467. The Morgan fingerprint density at radius 2 is 0.939 bits per heavy atom. The molecule has 0 unspecified atom stereocenters. The van der Waals surface area contributed by atoms with Crippen LogP contribution in [0.1, 0.15) is 39.2 Å². The zero-order valence-electron chi connectivity index (χ0n) is 42.4. The molecule has 8 rings (SSSR count). The minimum absolute atomic E-state index is 0.0224. The number of imidazole rings is 2. The highest BCUT2D eigenvalue weighted by Gasteiger charge is 2.39. The number of hydrogen-bond donors (Lipinski definition) is 6. The fourth-order valence-corrected chi connectivity index (χ4v) is 7.59. The van der Waals surface area contributed by atoms with Crippen LogP contribution >= 0.6 is 63.7 Å². The van der Waals surface area contributed by atoms with E-state index in [1.54, 1.807) is 84.6 Å². The molecular weight excluding hydrogens is 1350 g/mol. The summed E-state index contributed by atoms with van der Waals surface area (Å²) in [6, 6.07) is 41.1. The molecule has 0 spiro atoms. The summed E-state index contributed by atoms with van der Waals surface area (Å²) < 4.78 is 75.4. The maximum absolute atomic E-state index is 12.1. The van der Waals surface area contributed by atoms with E-state index < -0.39 is 53.9 Å². The Morgan fingerprint density at radius 1 is 0.549 bits per heavy atom. The van der Waals surface area contributed by atoms with Gasteiger partial charge in [0.1, 0.15) is 0 Å². The van der Waals surface area contributed by atoms with Gasteiger partial charge in [0.25, 0.3) is 6.54 Å². The van der Waals surface area contributed by atoms with Crippen molar-refractivity contribution in [2.45, 2.75) is 44.5 Å². The van der Waals surface area contributed by atoms with Crippen molar-refractivity contribution < 1.29 is 60.3 Å². The molecule has 0 saturated heterocycles. The largest absolute Gasteiger partial charge is 0.481 e. The number of halogens is 10. The van der Waals surface area contributed by atoms with E-state index in [0.29, 0.717) is 23.6 Å². The monoisotopic (exact) mass is 1390 g/mol. The molecular formula is C55H47Br4F6N9O8. The number of carboxylic acids is 1. The van der Waals surface area contributed by atoms with Crippen molar-refractivity contribution in [3.63, 3.8) is 0 Å². The Kier molecular flexibility index (Phi) is 26.9. The number of nitrogen functional groups attached to an aromatic ring is 1. The van der Waals surface area contributed by atoms with Crippen LogP contribution in [0, 0.1) is 10.1 Å². The van der Waals surface area contributed by atoms with Gasteiger partial charge >= 0.3 is 30.1 Å². The lowest BCUT2D eigenvalue weighted by Crippen LogP contribution is -2.39. The number of anilines is 2. The minimum Gasteiger partial charge on any atom is -0.481 e. The maximum Gasteiger partial charge on any atom is 0.471 e. The zero-order valence-corrected chi connectivity index (χ0v) is 48.8. The summed E-state index contributed by atoms with van der Waals surface area (Å²) >= 11 is 13.0. The summed E-state index contributed by atoms with van der Waals surface area (Å²) in [5.74, 6) is -5.59. The quantitative estimate of drug-likeness (QED) is 0.0300. The van der Waals surface area contributed by atoms with E-state index in [-0.39, 0.29) is 31.0 Å². The maximum atomic E-state index is 12.1. The molecule has 5 aromatic carbocycles. The van der Waals surface area contributed by atoms with Gasteiger partial charge in [-0.25, -0.2) is 9.97 Å². The number of rotatable bonds is 16. The van der Waals surface area contributed by atoms with Crippen LogP contribution in [0.15, 0.2) is 176 Å². The Bertz CT molecular complexity index is 3340. The molecule has 0 fully saturated rings. The second-order valence-corrected chi connectivity index (χ2v) is 20.6. The van der Waals surface area contributed by atoms with Crippen LogP contribution < -0.4 is 16.4 Å². The smallest absolute Gasteiger partial charge is 0.471 e. The van der Waals surface area contributed by atoms with Gasteiger partial charge in [0, 0.05) is 72.3 Å². The number of nitrogens with one attached hydrogen (secondary N) is 4.